The monoisotopic (exact) mass is 452 g/mol. The lowest BCUT2D eigenvalue weighted by atomic mass is 11.3. The van der Waals surface area contributed by atoms with Gasteiger partial charge in [0.15, 0.2) is 12.1 Å². The first-order valence-corrected chi connectivity index (χ1v) is 7.22. The lowest BCUT2D eigenvalue weighted by Crippen LogP contribution is -2.22. The predicted octanol–water partition coefficient (Wildman–Crippen LogP) is 5.33. The predicted molar refractivity (Wildman–Crippen MR) is 77.2 cm³/mol. The number of rotatable bonds is 2. The van der Waals surface area contributed by atoms with Gasteiger partial charge in [-0.15, -0.1) is 0 Å². The largest absolute Gasteiger partial charge is 0.515 e. The van der Waals surface area contributed by atoms with Crippen molar-refractivity contribution in [3.05, 3.63) is 0 Å². The number of ether oxygens (including phenoxy) is 4. The lowest BCUT2D eigenvalue weighted by molar-refractivity contribution is 0.0508. The van der Waals surface area contributed by atoms with E-state index < -0.39 is 20.3 Å². The molecule has 0 amide bonds. The van der Waals surface area contributed by atoms with Crippen molar-refractivity contribution < 1.29 is 28.5 Å². The summed E-state index contributed by atoms with van der Waals surface area (Å²) in [7, 11) is 0. The summed E-state index contributed by atoms with van der Waals surface area (Å²) >= 11 is 40.1. The van der Waals surface area contributed by atoms with E-state index in [1.807, 2.05) is 0 Å². The Hall–Kier alpha value is 0.860. The maximum atomic E-state index is 10.5. The van der Waals surface area contributed by atoms with E-state index in [1.54, 1.807) is 0 Å². The van der Waals surface area contributed by atoms with E-state index in [1.165, 1.54) is 0 Å². The average molecular weight is 456 g/mol. The Morgan fingerprint density at radius 3 is 1.20 bits per heavy atom. The van der Waals surface area contributed by atoms with E-state index in [4.69, 9.17) is 92.8 Å². The Labute approximate surface area is 153 Å². The third-order valence-corrected chi connectivity index (χ3v) is 1.42. The highest BCUT2D eigenvalue weighted by Crippen LogP contribution is 2.32. The average Bonchev–Trinajstić information content (AvgIpc) is 2.12. The minimum atomic E-state index is -2.24. The Bertz CT molecular complexity index is 273. The summed E-state index contributed by atoms with van der Waals surface area (Å²) in [6.07, 6.45) is -2.26. The molecule has 0 heterocycles. The third kappa shape index (κ3) is 21.2. The Balaban J connectivity index is 0. The van der Waals surface area contributed by atoms with Crippen LogP contribution in [0.5, 0.6) is 0 Å². The van der Waals surface area contributed by atoms with Gasteiger partial charge in [0.1, 0.15) is 0 Å². The van der Waals surface area contributed by atoms with Crippen molar-refractivity contribution in [3.8, 4) is 0 Å². The first-order valence-electron chi connectivity index (χ1n) is 3.88. The van der Waals surface area contributed by atoms with Crippen LogP contribution in [0.4, 0.5) is 9.59 Å². The summed E-state index contributed by atoms with van der Waals surface area (Å²) < 4.78 is 11.7. The first kappa shape index (κ1) is 23.1. The molecule has 0 aromatic carbocycles. The Kier molecular flexibility index (Phi) is 13.2. The van der Waals surface area contributed by atoms with Crippen molar-refractivity contribution in [1.29, 1.82) is 0 Å². The second-order valence-electron chi connectivity index (χ2n) is 2.10. The van der Waals surface area contributed by atoms with Gasteiger partial charge in [0, 0.05) is 0 Å². The van der Waals surface area contributed by atoms with Crippen LogP contribution in [0.25, 0.3) is 0 Å². The molecule has 0 aliphatic carbocycles. The zero-order chi connectivity index (χ0) is 16.4. The fourth-order valence-electron chi connectivity index (χ4n) is 0.341. The van der Waals surface area contributed by atoms with Gasteiger partial charge < -0.3 is 18.9 Å². The van der Waals surface area contributed by atoms with Crippen LogP contribution in [-0.2, 0) is 18.9 Å². The molecule has 0 saturated heterocycles. The van der Waals surface area contributed by atoms with Crippen LogP contribution in [-0.4, -0.2) is 32.4 Å². The van der Waals surface area contributed by atoms with Crippen molar-refractivity contribution in [2.45, 2.75) is 7.96 Å². The van der Waals surface area contributed by atoms with E-state index in [9.17, 15) is 9.59 Å². The van der Waals surface area contributed by atoms with Gasteiger partial charge >= 0.3 is 20.3 Å². The van der Waals surface area contributed by atoms with Gasteiger partial charge in [0.05, 0.1) is 0 Å². The van der Waals surface area contributed by atoms with E-state index >= 15 is 0 Å². The van der Waals surface area contributed by atoms with Gasteiger partial charge in [0.25, 0.3) is 0 Å². The maximum Gasteiger partial charge on any atom is 0.515 e. The molecule has 0 saturated carbocycles. The number of hydrogen-bond donors (Lipinski definition) is 0. The smallest absolute Gasteiger partial charge is 0.418 e. The number of carbonyl (C=O) groups is 2. The maximum absolute atomic E-state index is 10.5. The van der Waals surface area contributed by atoms with Crippen molar-refractivity contribution in [1.82, 2.24) is 0 Å². The molecule has 6 nitrogen and oxygen atoms in total. The molecule has 0 fully saturated rings. The molecule has 20 heavy (non-hydrogen) atoms. The second-order valence-corrected chi connectivity index (χ2v) is 6.89. The highest BCUT2D eigenvalue weighted by molar-refractivity contribution is 6.67. The topological polar surface area (TPSA) is 71.1 Å². The molecular formula is C6H4Cl8O6. The molecule has 0 aliphatic heterocycles. The molecule has 14 heteroatoms. The van der Waals surface area contributed by atoms with Crippen LogP contribution in [0.15, 0.2) is 0 Å². The minimum Gasteiger partial charge on any atom is -0.418 e. The molecule has 0 atom stereocenters. The standard InChI is InChI=1S/C3Cl6O3.C3H4Cl2O3/c4-2(5,6)11-1(10)12-3(7,8)9;4-1-7-3(6)8-2-5/h;1-2H2. The molecule has 0 aromatic rings. The first-order chi connectivity index (χ1) is 8.91. The summed E-state index contributed by atoms with van der Waals surface area (Å²) in [5.74, 6) is 0. The SMILES string of the molecule is O=C(OC(Cl)(Cl)Cl)OC(Cl)(Cl)Cl.O=C(OCCl)OCCl. The zero-order valence-electron chi connectivity index (χ0n) is 8.89. The van der Waals surface area contributed by atoms with Crippen molar-refractivity contribution in [3.63, 3.8) is 0 Å². The van der Waals surface area contributed by atoms with Crippen molar-refractivity contribution >= 4 is 105 Å². The number of carbonyl (C=O) groups excluding carboxylic acids is 2. The van der Waals surface area contributed by atoms with Crippen LogP contribution < -0.4 is 0 Å². The number of alkyl halides is 8. The van der Waals surface area contributed by atoms with E-state index in [0.29, 0.717) is 0 Å². The highest BCUT2D eigenvalue weighted by Gasteiger charge is 2.32. The zero-order valence-corrected chi connectivity index (χ0v) is 14.9. The Morgan fingerprint density at radius 1 is 0.700 bits per heavy atom. The summed E-state index contributed by atoms with van der Waals surface area (Å²) in [5.41, 5.74) is 0. The molecule has 0 aromatic heterocycles. The van der Waals surface area contributed by atoms with Crippen molar-refractivity contribution in [2.24, 2.45) is 0 Å². The number of halogens is 8. The summed E-state index contributed by atoms with van der Waals surface area (Å²) in [5, 5.41) is 0. The lowest BCUT2D eigenvalue weighted by Gasteiger charge is -2.15. The molecule has 120 valence electrons. The molecule has 0 N–H and O–H groups in total. The van der Waals surface area contributed by atoms with E-state index in [-0.39, 0.29) is 12.1 Å². The number of hydrogen-bond acceptors (Lipinski definition) is 6. The van der Waals surface area contributed by atoms with Crippen LogP contribution in [0.2, 0.25) is 0 Å². The van der Waals surface area contributed by atoms with Gasteiger partial charge in [-0.3, -0.25) is 0 Å². The van der Waals surface area contributed by atoms with E-state index in [0.717, 1.165) is 0 Å². The van der Waals surface area contributed by atoms with Gasteiger partial charge in [-0.1, -0.05) is 23.2 Å². The summed E-state index contributed by atoms with van der Waals surface area (Å²) in [6, 6.07) is -0.425. The van der Waals surface area contributed by atoms with Gasteiger partial charge in [0.2, 0.25) is 0 Å². The molecule has 0 rings (SSSR count). The fraction of sp³-hybridized carbons (Fsp3) is 0.667. The molecule has 0 radical (unpaired) electrons. The molecule has 0 spiro atoms. The quantitative estimate of drug-likeness (QED) is 0.414. The normalized spacial score (nSPS) is 10.8. The van der Waals surface area contributed by atoms with Crippen LogP contribution in [0, 0.1) is 0 Å². The van der Waals surface area contributed by atoms with Gasteiger partial charge in [-0.25, -0.2) is 9.59 Å². The molecule has 0 unspecified atom stereocenters. The highest BCUT2D eigenvalue weighted by atomic mass is 35.6. The van der Waals surface area contributed by atoms with Crippen molar-refractivity contribution in [2.75, 3.05) is 12.1 Å². The minimum absolute atomic E-state index is 0.213. The summed E-state index contributed by atoms with van der Waals surface area (Å²) in [6.45, 7) is 0. The van der Waals surface area contributed by atoms with Gasteiger partial charge in [-0.05, 0) is 69.6 Å². The van der Waals surface area contributed by atoms with Crippen LogP contribution in [0.1, 0.15) is 0 Å². The van der Waals surface area contributed by atoms with E-state index in [2.05, 4.69) is 18.9 Å². The third-order valence-electron chi connectivity index (χ3n) is 0.743. The fourth-order valence-corrected chi connectivity index (χ4v) is 0.897. The molecule has 0 aliphatic rings. The van der Waals surface area contributed by atoms with Crippen LogP contribution >= 0.6 is 92.8 Å². The molecular weight excluding hydrogens is 452 g/mol. The van der Waals surface area contributed by atoms with Gasteiger partial charge in [-0.2, -0.15) is 0 Å². The van der Waals surface area contributed by atoms with Crippen LogP contribution in [0.3, 0.4) is 0 Å². The Morgan fingerprint density at radius 2 is 1.00 bits per heavy atom. The second kappa shape index (κ2) is 11.4. The summed E-state index contributed by atoms with van der Waals surface area (Å²) in [4.78, 5) is 20.6. The molecule has 0 bridgehead atoms.